The highest BCUT2D eigenvalue weighted by Crippen LogP contribution is 2.54. The monoisotopic (exact) mass is 1020 g/mol. The predicted octanol–water partition coefficient (Wildman–Crippen LogP) is 20.0. The number of fused-ring (bicyclic) bond motifs is 7. The van der Waals surface area contributed by atoms with Gasteiger partial charge in [0.25, 0.3) is 0 Å². The summed E-state index contributed by atoms with van der Waals surface area (Å²) in [5.41, 5.74) is 23.8. The summed E-state index contributed by atoms with van der Waals surface area (Å²) in [6, 6.07) is 84.3. The molecule has 0 bridgehead atoms. The number of nitrogens with zero attached hydrogens (tertiary/aromatic N) is 4. The van der Waals surface area contributed by atoms with Gasteiger partial charge in [-0.25, -0.2) is 0 Å². The van der Waals surface area contributed by atoms with Crippen molar-refractivity contribution in [3.8, 4) is 64.0 Å². The normalized spacial score (nSPS) is 13.5. The van der Waals surface area contributed by atoms with Gasteiger partial charge in [-0.3, -0.25) is 0 Å². The zero-order valence-electron chi connectivity index (χ0n) is 42.0. The van der Waals surface area contributed by atoms with Gasteiger partial charge < -0.3 is 9.80 Å². The van der Waals surface area contributed by atoms with Crippen molar-refractivity contribution in [3.63, 3.8) is 0 Å². The van der Waals surface area contributed by atoms with E-state index >= 15 is 0 Å². The Bertz CT molecular complexity index is 3790. The Morgan fingerprint density at radius 1 is 0.293 bits per heavy atom. The topological polar surface area (TPSA) is 32.3 Å². The second kappa shape index (κ2) is 17.7. The minimum absolute atomic E-state index is 0.186. The summed E-state index contributed by atoms with van der Waals surface area (Å²) in [5.74, 6) is 0. The molecule has 0 aliphatic heterocycles. The van der Waals surface area contributed by atoms with E-state index in [0.717, 1.165) is 56.3 Å². The summed E-state index contributed by atoms with van der Waals surface area (Å²) in [4.78, 5) is 9.58. The number of rotatable bonds is 10. The van der Waals surface area contributed by atoms with Crippen LogP contribution in [0.25, 0.3) is 75.0 Å². The molecule has 0 atom stereocenters. The van der Waals surface area contributed by atoms with Gasteiger partial charge in [-0.15, -0.1) is 22.7 Å². The second-order valence-electron chi connectivity index (χ2n) is 20.7. The molecule has 0 N–H and O–H groups in total. The molecule has 0 spiro atoms. The first-order valence-electron chi connectivity index (χ1n) is 25.5. The molecule has 360 valence electrons. The third kappa shape index (κ3) is 7.51. The van der Waals surface area contributed by atoms with E-state index in [1.807, 2.05) is 22.7 Å². The smallest absolute Gasteiger partial charge is 0.114 e. The van der Waals surface area contributed by atoms with E-state index < -0.39 is 0 Å². The minimum Gasteiger partial charge on any atom is -0.310 e. The number of benzene rings is 9. The largest absolute Gasteiger partial charge is 0.310 e. The molecule has 0 fully saturated rings. The predicted molar refractivity (Wildman–Crippen MR) is 319 cm³/mol. The van der Waals surface area contributed by atoms with Crippen LogP contribution in [0.5, 0.6) is 0 Å². The van der Waals surface area contributed by atoms with Crippen molar-refractivity contribution in [2.45, 2.75) is 38.5 Å². The summed E-state index contributed by atoms with van der Waals surface area (Å²) < 4.78 is 9.87. The molecular weight excluding hydrogens is 969 g/mol. The van der Waals surface area contributed by atoms with E-state index in [0.29, 0.717) is 0 Å². The first kappa shape index (κ1) is 45.4. The van der Waals surface area contributed by atoms with Crippen molar-refractivity contribution < 1.29 is 0 Å². The van der Waals surface area contributed by atoms with Crippen molar-refractivity contribution in [1.82, 2.24) is 8.75 Å². The third-order valence-corrected chi connectivity index (χ3v) is 18.5. The van der Waals surface area contributed by atoms with E-state index in [4.69, 9.17) is 8.75 Å². The molecule has 0 amide bonds. The number of aromatic nitrogens is 2. The van der Waals surface area contributed by atoms with Crippen molar-refractivity contribution in [2.24, 2.45) is 0 Å². The molecule has 9 aromatic carbocycles. The van der Waals surface area contributed by atoms with Crippen LogP contribution < -0.4 is 9.80 Å². The summed E-state index contributed by atoms with van der Waals surface area (Å²) in [5, 5.41) is 0. The molecule has 0 unspecified atom stereocenters. The summed E-state index contributed by atoms with van der Waals surface area (Å²) in [6.07, 6.45) is 0. The fourth-order valence-corrected chi connectivity index (χ4v) is 14.4. The molecule has 14 rings (SSSR count). The molecule has 7 heteroatoms. The minimum atomic E-state index is -0.186. The van der Waals surface area contributed by atoms with E-state index in [-0.39, 0.29) is 10.8 Å². The van der Waals surface area contributed by atoms with Crippen LogP contribution in [-0.4, -0.2) is 8.75 Å². The number of thiophene rings is 2. The average molecular weight is 1020 g/mol. The van der Waals surface area contributed by atoms with Gasteiger partial charge in [0.1, 0.15) is 11.0 Å². The zero-order chi connectivity index (χ0) is 50.4. The van der Waals surface area contributed by atoms with Crippen LogP contribution in [0, 0.1) is 0 Å². The molecule has 0 radical (unpaired) electrons. The Morgan fingerprint density at radius 3 is 0.960 bits per heavy atom. The number of anilines is 6. The lowest BCUT2D eigenvalue weighted by Crippen LogP contribution is -2.16. The molecule has 4 nitrogen and oxygen atoms in total. The molecule has 2 aliphatic rings. The summed E-state index contributed by atoms with van der Waals surface area (Å²) in [7, 11) is 0. The first-order chi connectivity index (χ1) is 36.7. The maximum atomic E-state index is 4.94. The SMILES string of the molecule is CC1(C)c2cc(-c3ccc(-c4ccc(-c5ccc(-c6ccc7c(c6)C(C)(C)c6cc(N(c8ccccc8)c8ccccc8)ccc6-7)s5)c5nsnc45)s3)ccc2-c2ccc(N(c3ccccc3)c3ccccc3)cc21. The maximum Gasteiger partial charge on any atom is 0.114 e. The Labute approximate surface area is 450 Å². The van der Waals surface area contributed by atoms with Crippen LogP contribution in [0.2, 0.25) is 0 Å². The number of para-hydroxylation sites is 4. The third-order valence-electron chi connectivity index (χ3n) is 15.6. The van der Waals surface area contributed by atoms with E-state index in [1.54, 1.807) is 0 Å². The van der Waals surface area contributed by atoms with Crippen molar-refractivity contribution >= 4 is 79.6 Å². The lowest BCUT2D eigenvalue weighted by molar-refractivity contribution is 0.660. The maximum absolute atomic E-state index is 4.94. The number of hydrogen-bond donors (Lipinski definition) is 0. The molecule has 75 heavy (non-hydrogen) atoms. The highest BCUT2D eigenvalue weighted by atomic mass is 32.1. The lowest BCUT2D eigenvalue weighted by atomic mass is 9.81. The fraction of sp³-hybridized carbons (Fsp3) is 0.0882. The van der Waals surface area contributed by atoms with Crippen molar-refractivity contribution in [2.75, 3.05) is 9.80 Å². The van der Waals surface area contributed by atoms with Crippen LogP contribution in [0.4, 0.5) is 34.1 Å². The lowest BCUT2D eigenvalue weighted by Gasteiger charge is -2.28. The summed E-state index contributed by atoms with van der Waals surface area (Å²) in [6.45, 7) is 9.49. The first-order valence-corrected chi connectivity index (χ1v) is 27.9. The number of hydrogen-bond acceptors (Lipinski definition) is 7. The average Bonchev–Trinajstić information content (AvgIpc) is 4.34. The van der Waals surface area contributed by atoms with Gasteiger partial charge in [0.15, 0.2) is 0 Å². The molecule has 2 aliphatic carbocycles. The van der Waals surface area contributed by atoms with Gasteiger partial charge in [0.2, 0.25) is 0 Å². The van der Waals surface area contributed by atoms with Crippen molar-refractivity contribution in [1.29, 1.82) is 0 Å². The van der Waals surface area contributed by atoms with Crippen LogP contribution in [-0.2, 0) is 10.8 Å². The molecule has 12 aromatic rings. The van der Waals surface area contributed by atoms with E-state index in [2.05, 4.69) is 268 Å². The van der Waals surface area contributed by atoms with Crippen LogP contribution in [0.3, 0.4) is 0 Å². The highest BCUT2D eigenvalue weighted by Gasteiger charge is 2.38. The molecule has 3 aromatic heterocycles. The molecule has 3 heterocycles. The van der Waals surface area contributed by atoms with Gasteiger partial charge in [-0.2, -0.15) is 8.75 Å². The van der Waals surface area contributed by atoms with Gasteiger partial charge in [-0.05, 0) is 165 Å². The quantitative estimate of drug-likeness (QED) is 0.137. The Hall–Kier alpha value is -8.20. The van der Waals surface area contributed by atoms with Gasteiger partial charge in [0, 0.05) is 75.6 Å². The van der Waals surface area contributed by atoms with Crippen LogP contribution in [0.1, 0.15) is 49.9 Å². The Balaban J connectivity index is 0.733. The van der Waals surface area contributed by atoms with Gasteiger partial charge in [-0.1, -0.05) is 149 Å². The van der Waals surface area contributed by atoms with Gasteiger partial charge >= 0.3 is 0 Å². The fourth-order valence-electron chi connectivity index (χ4n) is 11.8. The molecule has 0 saturated heterocycles. The highest BCUT2D eigenvalue weighted by molar-refractivity contribution is 7.19. The van der Waals surface area contributed by atoms with Crippen LogP contribution in [0.15, 0.2) is 231 Å². The summed E-state index contributed by atoms with van der Waals surface area (Å²) >= 11 is 4.95. The zero-order valence-corrected chi connectivity index (χ0v) is 44.4. The van der Waals surface area contributed by atoms with Gasteiger partial charge in [0.05, 0.1) is 11.7 Å². The molecular formula is C68H50N4S3. The Kier molecular flexibility index (Phi) is 10.7. The van der Waals surface area contributed by atoms with Crippen LogP contribution >= 0.6 is 34.4 Å². The molecule has 0 saturated carbocycles. The van der Waals surface area contributed by atoms with Crippen molar-refractivity contribution in [3.05, 3.63) is 253 Å². The van der Waals surface area contributed by atoms with E-state index in [9.17, 15) is 0 Å². The second-order valence-corrected chi connectivity index (χ2v) is 23.4. The van der Waals surface area contributed by atoms with E-state index in [1.165, 1.54) is 86.9 Å². The standard InChI is InChI=1S/C68H50N4S3/c1-67(2)57-39-43(25-29-51(57)53-31-27-49(41-59(53)67)71(45-17-9-5-10-18-45)46-19-11-6-12-20-46)61-35-37-63(73-61)55-33-34-56(66-65(55)69-75-70-66)64-38-36-62(74-64)44-26-30-52-54-32-28-50(42-60(54)68(3,4)58(52)40-44)72(47-21-13-7-14-22-47)48-23-15-8-16-24-48/h5-42H,1-4H3. The Morgan fingerprint density at radius 2 is 0.600 bits per heavy atom.